The van der Waals surface area contributed by atoms with Gasteiger partial charge in [0, 0.05) is 61.4 Å². The average molecular weight is 559 g/mol. The number of aldehydes is 1. The van der Waals surface area contributed by atoms with Crippen LogP contribution in [0.4, 0.5) is 5.82 Å². The van der Waals surface area contributed by atoms with Gasteiger partial charge in [0.2, 0.25) is 0 Å². The van der Waals surface area contributed by atoms with Crippen molar-refractivity contribution in [1.82, 2.24) is 20.2 Å². The van der Waals surface area contributed by atoms with Gasteiger partial charge < -0.3 is 19.5 Å². The van der Waals surface area contributed by atoms with Crippen molar-refractivity contribution in [1.29, 1.82) is 0 Å². The van der Waals surface area contributed by atoms with Crippen LogP contribution in [0.3, 0.4) is 0 Å². The number of aliphatic hydroxyl groups excluding tert-OH is 1. The van der Waals surface area contributed by atoms with E-state index >= 15 is 0 Å². The lowest BCUT2D eigenvalue weighted by molar-refractivity contribution is -0.109. The molecular weight excluding hydrogens is 522 g/mol. The molecule has 8 nitrogen and oxygen atoms in total. The zero-order valence-corrected chi connectivity index (χ0v) is 22.4. The second-order valence-corrected chi connectivity index (χ2v) is 11.2. The zero-order chi connectivity index (χ0) is 25.1. The smallest absolute Gasteiger partial charge is 0.135 e. The number of halogens is 1. The summed E-state index contributed by atoms with van der Waals surface area (Å²) in [5.41, 5.74) is 2.94. The number of anilines is 1. The number of rotatable bonds is 8. The number of hydrogen-bond donors (Lipinski definition) is 2. The largest absolute Gasteiger partial charge is 0.387 e. The number of ether oxygens (including phenoxy) is 1. The molecule has 0 spiro atoms. The Bertz CT molecular complexity index is 1020. The number of fused-ring (bicyclic) bond motifs is 1. The van der Waals surface area contributed by atoms with Gasteiger partial charge in [0.1, 0.15) is 18.4 Å². The fraction of sp³-hybridized carbons (Fsp3) is 0.593. The van der Waals surface area contributed by atoms with Gasteiger partial charge in [-0.15, -0.1) is 0 Å². The zero-order valence-electron chi connectivity index (χ0n) is 20.9. The van der Waals surface area contributed by atoms with Gasteiger partial charge in [0.25, 0.3) is 0 Å². The highest BCUT2D eigenvalue weighted by Gasteiger charge is 2.35. The Morgan fingerprint density at radius 2 is 1.89 bits per heavy atom. The van der Waals surface area contributed by atoms with Gasteiger partial charge in [0.05, 0.1) is 18.0 Å². The minimum Gasteiger partial charge on any atom is -0.387 e. The molecule has 2 aromatic rings. The van der Waals surface area contributed by atoms with E-state index in [1.54, 1.807) is 6.33 Å². The highest BCUT2D eigenvalue weighted by Crippen LogP contribution is 2.42. The Morgan fingerprint density at radius 1 is 1.17 bits per heavy atom. The Kier molecular flexibility index (Phi) is 8.32. The first-order valence-electron chi connectivity index (χ1n) is 13.1. The molecule has 3 heterocycles. The van der Waals surface area contributed by atoms with E-state index in [4.69, 9.17) is 4.74 Å². The Balaban J connectivity index is 1.30. The third kappa shape index (κ3) is 5.65. The molecular formula is C27H36BrN5O3. The maximum atomic E-state index is 12.2. The van der Waals surface area contributed by atoms with E-state index in [-0.39, 0.29) is 18.0 Å². The molecule has 2 fully saturated rings. The van der Waals surface area contributed by atoms with Crippen LogP contribution in [0, 0.1) is 0 Å². The first-order valence-corrected chi connectivity index (χ1v) is 13.9. The van der Waals surface area contributed by atoms with Crippen molar-refractivity contribution in [2.24, 2.45) is 0 Å². The molecule has 0 bridgehead atoms. The number of piperazine rings is 1. The lowest BCUT2D eigenvalue weighted by Crippen LogP contribution is -2.58. The summed E-state index contributed by atoms with van der Waals surface area (Å²) in [7, 11) is 0. The molecule has 4 atom stereocenters. The molecule has 2 saturated heterocycles. The maximum Gasteiger partial charge on any atom is 0.135 e. The molecule has 1 aliphatic carbocycles. The number of carbonyl (C=O) groups excluding carboxylic acids is 1. The van der Waals surface area contributed by atoms with Crippen LogP contribution in [0.15, 0.2) is 35.1 Å². The normalized spacial score (nSPS) is 24.9. The van der Waals surface area contributed by atoms with Crippen LogP contribution in [0.2, 0.25) is 0 Å². The summed E-state index contributed by atoms with van der Waals surface area (Å²) in [5.74, 6) is 1.06. The summed E-state index contributed by atoms with van der Waals surface area (Å²) < 4.78 is 6.59. The van der Waals surface area contributed by atoms with Crippen LogP contribution in [0.5, 0.6) is 0 Å². The molecule has 0 radical (unpaired) electrons. The molecule has 2 unspecified atom stereocenters. The number of benzene rings is 1. The molecule has 1 aromatic heterocycles. The van der Waals surface area contributed by atoms with Crippen LogP contribution in [-0.4, -0.2) is 77.9 Å². The number of aliphatic hydroxyl groups is 1. The van der Waals surface area contributed by atoms with Gasteiger partial charge in [-0.3, -0.25) is 10.2 Å². The third-order valence-corrected chi connectivity index (χ3v) is 8.45. The molecule has 2 aliphatic heterocycles. The van der Waals surface area contributed by atoms with Crippen LogP contribution in [0.25, 0.3) is 0 Å². The summed E-state index contributed by atoms with van der Waals surface area (Å²) in [6.45, 7) is 7.17. The third-order valence-electron chi connectivity index (χ3n) is 7.92. The predicted octanol–water partition coefficient (Wildman–Crippen LogP) is 3.37. The minimum absolute atomic E-state index is 0.103. The fourth-order valence-corrected chi connectivity index (χ4v) is 6.14. The molecule has 0 saturated carbocycles. The van der Waals surface area contributed by atoms with Crippen molar-refractivity contribution in [3.8, 4) is 0 Å². The number of carbonyl (C=O) groups is 1. The summed E-state index contributed by atoms with van der Waals surface area (Å²) in [6.07, 6.45) is 5.72. The minimum atomic E-state index is -0.495. The quantitative estimate of drug-likeness (QED) is 0.477. The van der Waals surface area contributed by atoms with Gasteiger partial charge in [-0.05, 0) is 49.3 Å². The highest BCUT2D eigenvalue weighted by atomic mass is 79.9. The van der Waals surface area contributed by atoms with Crippen molar-refractivity contribution < 1.29 is 14.6 Å². The molecule has 36 heavy (non-hydrogen) atoms. The maximum absolute atomic E-state index is 12.2. The molecule has 9 heteroatoms. The predicted molar refractivity (Wildman–Crippen MR) is 142 cm³/mol. The molecule has 1 aromatic carbocycles. The molecule has 3 aliphatic rings. The van der Waals surface area contributed by atoms with Crippen LogP contribution in [0.1, 0.15) is 67.4 Å². The molecule has 5 rings (SSSR count). The second kappa shape index (κ2) is 11.6. The number of nitrogens with zero attached hydrogens (tertiary/aromatic N) is 4. The van der Waals surface area contributed by atoms with Gasteiger partial charge >= 0.3 is 0 Å². The Labute approximate surface area is 221 Å². The van der Waals surface area contributed by atoms with E-state index < -0.39 is 6.10 Å². The molecule has 2 N–H and O–H groups in total. The van der Waals surface area contributed by atoms with Crippen molar-refractivity contribution >= 4 is 28.0 Å². The number of nitrogens with one attached hydrogen (secondary N) is 1. The lowest BCUT2D eigenvalue weighted by atomic mass is 9.94. The molecule has 194 valence electrons. The average Bonchev–Trinajstić information content (AvgIpc) is 3.21. The van der Waals surface area contributed by atoms with E-state index in [2.05, 4.69) is 47.9 Å². The van der Waals surface area contributed by atoms with Gasteiger partial charge in [-0.1, -0.05) is 35.0 Å². The number of hydrogen-bond acceptors (Lipinski definition) is 8. The van der Waals surface area contributed by atoms with Crippen LogP contribution < -0.4 is 10.2 Å². The first-order chi connectivity index (χ1) is 17.5. The van der Waals surface area contributed by atoms with Crippen molar-refractivity contribution in [2.45, 2.75) is 62.8 Å². The number of aromatic nitrogens is 2. The van der Waals surface area contributed by atoms with Crippen molar-refractivity contribution in [2.75, 3.05) is 44.3 Å². The monoisotopic (exact) mass is 557 g/mol. The highest BCUT2D eigenvalue weighted by molar-refractivity contribution is 9.10. The topological polar surface area (TPSA) is 90.8 Å². The van der Waals surface area contributed by atoms with Gasteiger partial charge in [0.15, 0.2) is 0 Å². The fourth-order valence-electron chi connectivity index (χ4n) is 5.88. The van der Waals surface area contributed by atoms with Crippen LogP contribution >= 0.6 is 15.9 Å². The SMILES string of the molecule is C[C@@H]1C[C@@H](O)c2ncnc(N3CCN(C(CC(C=O)c4ccc(Br)cc4)NC4CCOCC4)CC3)c21. The molecule has 0 amide bonds. The first kappa shape index (κ1) is 25.7. The van der Waals surface area contributed by atoms with Crippen molar-refractivity contribution in [3.05, 3.63) is 51.9 Å². The van der Waals surface area contributed by atoms with E-state index in [1.807, 2.05) is 24.3 Å². The van der Waals surface area contributed by atoms with Crippen molar-refractivity contribution in [3.63, 3.8) is 0 Å². The Hall–Kier alpha value is -1.91. The van der Waals surface area contributed by atoms with Gasteiger partial charge in [-0.25, -0.2) is 9.97 Å². The summed E-state index contributed by atoms with van der Waals surface area (Å²) in [4.78, 5) is 26.0. The summed E-state index contributed by atoms with van der Waals surface area (Å²) >= 11 is 3.50. The van der Waals surface area contributed by atoms with E-state index in [1.165, 1.54) is 0 Å². The summed E-state index contributed by atoms with van der Waals surface area (Å²) in [5, 5.41) is 14.3. The van der Waals surface area contributed by atoms with Crippen LogP contribution in [-0.2, 0) is 9.53 Å². The van der Waals surface area contributed by atoms with E-state index in [9.17, 15) is 9.90 Å². The second-order valence-electron chi connectivity index (χ2n) is 10.3. The van der Waals surface area contributed by atoms with E-state index in [0.717, 1.165) is 92.1 Å². The standard InChI is InChI=1S/C27H36BrN5O3/c1-18-14-23(35)26-25(18)27(30-17-29-26)33-10-8-32(9-11-33)24(31-22-6-12-36-13-7-22)15-20(16-34)19-2-4-21(28)5-3-19/h2-5,16-18,20,22-24,31,35H,6-15H2,1H3/t18-,20?,23-,24?/m1/s1. The Morgan fingerprint density at radius 3 is 2.58 bits per heavy atom. The van der Waals surface area contributed by atoms with Gasteiger partial charge in [-0.2, -0.15) is 0 Å². The lowest BCUT2D eigenvalue weighted by Gasteiger charge is -2.42. The summed E-state index contributed by atoms with van der Waals surface area (Å²) in [6, 6.07) is 8.48. The van der Waals surface area contributed by atoms with E-state index in [0.29, 0.717) is 12.5 Å².